The molecule has 0 N–H and O–H groups in total. The summed E-state index contributed by atoms with van der Waals surface area (Å²) >= 11 is 0. The Morgan fingerprint density at radius 3 is 2.50 bits per heavy atom. The Bertz CT molecular complexity index is 263. The van der Waals surface area contributed by atoms with Gasteiger partial charge in [-0.2, -0.15) is 0 Å². The molecule has 4 nitrogen and oxygen atoms in total. The number of hydrogen-bond donors (Lipinski definition) is 0. The van der Waals surface area contributed by atoms with Crippen molar-refractivity contribution in [2.24, 2.45) is 5.41 Å². The van der Waals surface area contributed by atoms with Crippen molar-refractivity contribution in [2.45, 2.75) is 33.1 Å². The molecule has 0 aromatic heterocycles. The maximum atomic E-state index is 5.88. The summed E-state index contributed by atoms with van der Waals surface area (Å²) in [7, 11) is 0. The van der Waals surface area contributed by atoms with Crippen molar-refractivity contribution in [3.63, 3.8) is 0 Å². The second-order valence-electron chi connectivity index (χ2n) is 6.32. The van der Waals surface area contributed by atoms with E-state index in [4.69, 9.17) is 9.47 Å². The van der Waals surface area contributed by atoms with Gasteiger partial charge in [-0.3, -0.25) is 0 Å². The lowest BCUT2D eigenvalue weighted by Crippen LogP contribution is -2.43. The summed E-state index contributed by atoms with van der Waals surface area (Å²) in [6.07, 6.45) is 3.60. The average molecular weight is 284 g/mol. The van der Waals surface area contributed by atoms with Gasteiger partial charge in [-0.1, -0.05) is 13.8 Å². The van der Waals surface area contributed by atoms with E-state index in [1.165, 1.54) is 52.0 Å². The van der Waals surface area contributed by atoms with Crippen LogP contribution >= 0.6 is 0 Å². The van der Waals surface area contributed by atoms with Crippen LogP contribution in [0.2, 0.25) is 0 Å². The third kappa shape index (κ3) is 4.69. The molecule has 0 aliphatic carbocycles. The number of rotatable bonds is 6. The minimum atomic E-state index is 0.365. The van der Waals surface area contributed by atoms with Gasteiger partial charge < -0.3 is 19.3 Å². The Morgan fingerprint density at radius 1 is 1.05 bits per heavy atom. The van der Waals surface area contributed by atoms with Gasteiger partial charge in [0.25, 0.3) is 0 Å². The van der Waals surface area contributed by atoms with Gasteiger partial charge in [0, 0.05) is 31.7 Å². The molecule has 0 unspecified atom stereocenters. The zero-order valence-electron chi connectivity index (χ0n) is 13.4. The molecule has 0 amide bonds. The molecule has 2 saturated heterocycles. The zero-order valence-corrected chi connectivity index (χ0v) is 13.4. The summed E-state index contributed by atoms with van der Waals surface area (Å²) in [5.74, 6) is 0. The molecule has 0 atom stereocenters. The van der Waals surface area contributed by atoms with E-state index in [-0.39, 0.29) is 0 Å². The van der Waals surface area contributed by atoms with Gasteiger partial charge in [0.2, 0.25) is 0 Å². The number of ether oxygens (including phenoxy) is 2. The molecule has 2 heterocycles. The van der Waals surface area contributed by atoms with Gasteiger partial charge in [0.1, 0.15) is 0 Å². The number of hydrogen-bond acceptors (Lipinski definition) is 4. The van der Waals surface area contributed by atoms with Gasteiger partial charge in [-0.15, -0.1) is 0 Å². The van der Waals surface area contributed by atoms with E-state index < -0.39 is 0 Å². The topological polar surface area (TPSA) is 24.9 Å². The molecule has 2 fully saturated rings. The fourth-order valence-corrected chi connectivity index (χ4v) is 3.44. The van der Waals surface area contributed by atoms with Crippen LogP contribution in [0.5, 0.6) is 0 Å². The Hall–Kier alpha value is -0.160. The van der Waals surface area contributed by atoms with Crippen molar-refractivity contribution in [3.8, 4) is 0 Å². The normalized spacial score (nSPS) is 24.1. The highest BCUT2D eigenvalue weighted by Crippen LogP contribution is 2.33. The summed E-state index contributed by atoms with van der Waals surface area (Å²) in [5.41, 5.74) is 0.365. The zero-order chi connectivity index (χ0) is 14.3. The molecule has 0 bridgehead atoms. The van der Waals surface area contributed by atoms with Crippen LogP contribution in [0.3, 0.4) is 0 Å². The molecule has 0 radical (unpaired) electrons. The van der Waals surface area contributed by atoms with Crippen molar-refractivity contribution < 1.29 is 9.47 Å². The molecule has 4 heteroatoms. The first-order valence-corrected chi connectivity index (χ1v) is 8.38. The molecular weight excluding hydrogens is 252 g/mol. The Kier molecular flexibility index (Phi) is 6.75. The van der Waals surface area contributed by atoms with E-state index in [0.29, 0.717) is 5.41 Å². The van der Waals surface area contributed by atoms with Crippen LogP contribution in [0.4, 0.5) is 0 Å². The van der Waals surface area contributed by atoms with E-state index in [0.717, 1.165) is 33.0 Å². The smallest absolute Gasteiger partial charge is 0.0593 e. The molecular formula is C16H32N2O2. The van der Waals surface area contributed by atoms with Crippen LogP contribution in [-0.2, 0) is 9.47 Å². The van der Waals surface area contributed by atoms with Crippen LogP contribution in [0.25, 0.3) is 0 Å². The highest BCUT2D eigenvalue weighted by atomic mass is 16.5. The van der Waals surface area contributed by atoms with Crippen molar-refractivity contribution in [3.05, 3.63) is 0 Å². The second-order valence-corrected chi connectivity index (χ2v) is 6.32. The molecule has 0 saturated carbocycles. The first-order valence-electron chi connectivity index (χ1n) is 8.38. The lowest BCUT2D eigenvalue weighted by Gasteiger charge is -2.38. The lowest BCUT2D eigenvalue weighted by molar-refractivity contribution is -0.0316. The van der Waals surface area contributed by atoms with E-state index in [2.05, 4.69) is 23.6 Å². The van der Waals surface area contributed by atoms with Crippen LogP contribution in [-0.4, -0.2) is 75.5 Å². The van der Waals surface area contributed by atoms with E-state index in [9.17, 15) is 0 Å². The SMILES string of the molecule is CCN(CC)CCCN1CCOCC2(CCOCC2)C1. The minimum absolute atomic E-state index is 0.365. The fraction of sp³-hybridized carbons (Fsp3) is 1.00. The molecule has 2 rings (SSSR count). The maximum Gasteiger partial charge on any atom is 0.0593 e. The molecule has 20 heavy (non-hydrogen) atoms. The molecule has 0 aromatic rings. The minimum Gasteiger partial charge on any atom is -0.381 e. The van der Waals surface area contributed by atoms with Crippen molar-refractivity contribution in [1.82, 2.24) is 9.80 Å². The van der Waals surface area contributed by atoms with Gasteiger partial charge in [0.15, 0.2) is 0 Å². The molecule has 0 aromatic carbocycles. The monoisotopic (exact) mass is 284 g/mol. The standard InChI is InChI=1S/C16H32N2O2/c1-3-17(4-2)8-5-9-18-10-13-20-15-16(14-18)6-11-19-12-7-16/h3-15H2,1-2H3. The van der Waals surface area contributed by atoms with Crippen molar-refractivity contribution in [1.29, 1.82) is 0 Å². The van der Waals surface area contributed by atoms with E-state index in [1.807, 2.05) is 0 Å². The summed E-state index contributed by atoms with van der Waals surface area (Å²) in [4.78, 5) is 5.14. The van der Waals surface area contributed by atoms with Crippen LogP contribution in [0.1, 0.15) is 33.1 Å². The van der Waals surface area contributed by atoms with Crippen LogP contribution in [0, 0.1) is 5.41 Å². The Balaban J connectivity index is 1.78. The first kappa shape index (κ1) is 16.2. The van der Waals surface area contributed by atoms with Gasteiger partial charge in [0.05, 0.1) is 13.2 Å². The fourth-order valence-electron chi connectivity index (χ4n) is 3.44. The van der Waals surface area contributed by atoms with Crippen molar-refractivity contribution in [2.75, 3.05) is 65.7 Å². The number of nitrogens with zero attached hydrogens (tertiary/aromatic N) is 2. The first-order chi connectivity index (χ1) is 9.78. The van der Waals surface area contributed by atoms with E-state index in [1.54, 1.807) is 0 Å². The summed E-state index contributed by atoms with van der Waals surface area (Å²) in [6, 6.07) is 0. The largest absolute Gasteiger partial charge is 0.381 e. The molecule has 118 valence electrons. The third-order valence-electron chi connectivity index (χ3n) is 4.92. The highest BCUT2D eigenvalue weighted by Gasteiger charge is 2.36. The third-order valence-corrected chi connectivity index (χ3v) is 4.92. The molecule has 1 spiro atoms. The summed E-state index contributed by atoms with van der Waals surface area (Å²) < 4.78 is 11.4. The van der Waals surface area contributed by atoms with E-state index >= 15 is 0 Å². The van der Waals surface area contributed by atoms with Crippen molar-refractivity contribution >= 4 is 0 Å². The summed E-state index contributed by atoms with van der Waals surface area (Å²) in [6.45, 7) is 15.2. The Labute approximate surface area is 124 Å². The second kappa shape index (κ2) is 8.32. The lowest BCUT2D eigenvalue weighted by atomic mass is 9.80. The highest BCUT2D eigenvalue weighted by molar-refractivity contribution is 4.87. The van der Waals surface area contributed by atoms with Crippen LogP contribution < -0.4 is 0 Å². The predicted octanol–water partition coefficient (Wildman–Crippen LogP) is 1.85. The predicted molar refractivity (Wildman–Crippen MR) is 82.2 cm³/mol. The van der Waals surface area contributed by atoms with Gasteiger partial charge >= 0.3 is 0 Å². The molecule has 2 aliphatic rings. The quantitative estimate of drug-likeness (QED) is 0.743. The maximum absolute atomic E-state index is 5.88. The van der Waals surface area contributed by atoms with Gasteiger partial charge in [-0.25, -0.2) is 0 Å². The van der Waals surface area contributed by atoms with Crippen LogP contribution in [0.15, 0.2) is 0 Å². The average Bonchev–Trinajstić information content (AvgIpc) is 2.67. The summed E-state index contributed by atoms with van der Waals surface area (Å²) in [5, 5.41) is 0. The Morgan fingerprint density at radius 2 is 1.80 bits per heavy atom. The molecule has 2 aliphatic heterocycles. The van der Waals surface area contributed by atoms with Gasteiger partial charge in [-0.05, 0) is 45.4 Å².